The molecule has 1 aromatic heterocycles. The topological polar surface area (TPSA) is 72.3 Å². The van der Waals surface area contributed by atoms with Gasteiger partial charge in [0.05, 0.1) is 0 Å². The normalized spacial score (nSPS) is 45.4. The molecule has 5 heteroatoms. The Kier molecular flexibility index (Phi) is 6.60. The highest BCUT2D eigenvalue weighted by Crippen LogP contribution is 2.61. The highest BCUT2D eigenvalue weighted by molar-refractivity contribution is 5.76. The van der Waals surface area contributed by atoms with Crippen molar-refractivity contribution in [1.82, 2.24) is 10.2 Å². The smallest absolute Gasteiger partial charge is 0.313 e. The summed E-state index contributed by atoms with van der Waals surface area (Å²) in [6, 6.07) is 3.56. The number of carboxylic acid groups (broad SMARTS) is 1. The molecule has 7 rings (SSSR count). The Morgan fingerprint density at radius 2 is 1.63 bits per heavy atom. The number of fused-ring (bicyclic) bond motifs is 7. The first kappa shape index (κ1) is 24.8. The SMILES string of the molecule is O=C(O)C1(COc2cccnn2)CCC=CC1C1CCC2C(CCC3C2CCC2C4CC=CC4CCC23)C1. The van der Waals surface area contributed by atoms with Crippen molar-refractivity contribution < 1.29 is 14.6 Å². The Bertz CT molecular complexity index is 1070. The van der Waals surface area contributed by atoms with Crippen LogP contribution in [0.25, 0.3) is 0 Å². The van der Waals surface area contributed by atoms with E-state index < -0.39 is 11.4 Å². The maximum atomic E-state index is 12.9. The molecule has 0 bridgehead atoms. The third kappa shape index (κ3) is 4.14. The van der Waals surface area contributed by atoms with Crippen molar-refractivity contribution in [2.75, 3.05) is 6.61 Å². The van der Waals surface area contributed by atoms with Crippen LogP contribution in [0, 0.1) is 64.6 Å². The first-order chi connectivity index (χ1) is 18.6. The molecule has 5 nitrogen and oxygen atoms in total. The van der Waals surface area contributed by atoms with Gasteiger partial charge in [0.1, 0.15) is 12.0 Å². The van der Waals surface area contributed by atoms with Crippen LogP contribution in [0.2, 0.25) is 0 Å². The summed E-state index contributed by atoms with van der Waals surface area (Å²) < 4.78 is 6.00. The van der Waals surface area contributed by atoms with Crippen LogP contribution < -0.4 is 4.74 Å². The van der Waals surface area contributed by atoms with Gasteiger partial charge in [-0.05, 0) is 142 Å². The molecule has 1 heterocycles. The van der Waals surface area contributed by atoms with Gasteiger partial charge in [-0.3, -0.25) is 4.79 Å². The zero-order valence-corrected chi connectivity index (χ0v) is 22.7. The molecule has 0 aromatic carbocycles. The van der Waals surface area contributed by atoms with Gasteiger partial charge in [-0.1, -0.05) is 24.3 Å². The van der Waals surface area contributed by atoms with Gasteiger partial charge in [-0.15, -0.1) is 5.10 Å². The molecule has 1 aromatic rings. The van der Waals surface area contributed by atoms with Crippen molar-refractivity contribution in [2.45, 2.75) is 77.0 Å². The van der Waals surface area contributed by atoms with E-state index in [-0.39, 0.29) is 12.5 Å². The van der Waals surface area contributed by atoms with E-state index in [1.54, 1.807) is 18.3 Å². The summed E-state index contributed by atoms with van der Waals surface area (Å²) in [6.07, 6.45) is 26.2. The van der Waals surface area contributed by atoms with Crippen LogP contribution >= 0.6 is 0 Å². The number of rotatable bonds is 5. The molecule has 0 radical (unpaired) electrons. The van der Waals surface area contributed by atoms with Crippen LogP contribution in [0.15, 0.2) is 42.6 Å². The van der Waals surface area contributed by atoms with Crippen molar-refractivity contribution >= 4 is 5.97 Å². The highest BCUT2D eigenvalue weighted by Gasteiger charge is 2.55. The number of allylic oxidation sites excluding steroid dienone is 4. The molecule has 4 fully saturated rings. The lowest BCUT2D eigenvalue weighted by molar-refractivity contribution is -0.158. The van der Waals surface area contributed by atoms with Crippen LogP contribution in [0.1, 0.15) is 77.0 Å². The Hall–Kier alpha value is -2.17. The lowest BCUT2D eigenvalue weighted by Crippen LogP contribution is -2.51. The third-order valence-corrected chi connectivity index (χ3v) is 12.4. The molecule has 6 aliphatic rings. The maximum Gasteiger partial charge on any atom is 0.313 e. The minimum Gasteiger partial charge on any atom is -0.481 e. The van der Waals surface area contributed by atoms with E-state index in [1.165, 1.54) is 64.2 Å². The first-order valence-electron chi connectivity index (χ1n) is 15.6. The van der Waals surface area contributed by atoms with E-state index in [1.807, 2.05) is 0 Å². The molecule has 11 atom stereocenters. The van der Waals surface area contributed by atoms with Gasteiger partial charge in [-0.2, -0.15) is 5.10 Å². The maximum absolute atomic E-state index is 12.9. The van der Waals surface area contributed by atoms with Crippen molar-refractivity contribution in [2.24, 2.45) is 64.6 Å². The number of carboxylic acids is 1. The minimum atomic E-state index is -0.882. The fourth-order valence-electron chi connectivity index (χ4n) is 10.8. The fraction of sp³-hybridized carbons (Fsp3) is 0.727. The summed E-state index contributed by atoms with van der Waals surface area (Å²) in [6.45, 7) is 0.172. The zero-order chi connectivity index (χ0) is 25.7. The first-order valence-corrected chi connectivity index (χ1v) is 15.6. The molecular weight excluding hydrogens is 472 g/mol. The van der Waals surface area contributed by atoms with Crippen molar-refractivity contribution in [3.63, 3.8) is 0 Å². The summed E-state index contributed by atoms with van der Waals surface area (Å²) in [5.41, 5.74) is -0.882. The third-order valence-electron chi connectivity index (χ3n) is 12.4. The molecule has 0 aliphatic heterocycles. The number of aliphatic carboxylic acids is 1. The summed E-state index contributed by atoms with van der Waals surface area (Å²) in [5.74, 6) is 7.50. The summed E-state index contributed by atoms with van der Waals surface area (Å²) in [5, 5.41) is 18.5. The molecule has 0 spiro atoms. The van der Waals surface area contributed by atoms with E-state index in [0.717, 1.165) is 53.8 Å². The van der Waals surface area contributed by atoms with Crippen molar-refractivity contribution in [3.05, 3.63) is 42.6 Å². The van der Waals surface area contributed by atoms with Crippen LogP contribution in [0.4, 0.5) is 0 Å². The van der Waals surface area contributed by atoms with Crippen molar-refractivity contribution in [1.29, 1.82) is 0 Å². The molecule has 0 saturated heterocycles. The molecular formula is C33H44N2O3. The van der Waals surface area contributed by atoms with Gasteiger partial charge in [0, 0.05) is 12.3 Å². The largest absolute Gasteiger partial charge is 0.481 e. The molecule has 4 saturated carbocycles. The van der Waals surface area contributed by atoms with E-state index in [4.69, 9.17) is 4.74 Å². The molecule has 6 aliphatic carbocycles. The lowest BCUT2D eigenvalue weighted by atomic mass is 9.48. The van der Waals surface area contributed by atoms with Crippen LogP contribution in [-0.2, 0) is 4.79 Å². The molecule has 0 amide bonds. The molecule has 11 unspecified atom stereocenters. The molecule has 38 heavy (non-hydrogen) atoms. The quantitative estimate of drug-likeness (QED) is 0.428. The summed E-state index contributed by atoms with van der Waals surface area (Å²) >= 11 is 0. The highest BCUT2D eigenvalue weighted by atomic mass is 16.5. The Balaban J connectivity index is 1.06. The van der Waals surface area contributed by atoms with Crippen molar-refractivity contribution in [3.8, 4) is 5.88 Å². The van der Waals surface area contributed by atoms with E-state index in [0.29, 0.717) is 18.2 Å². The number of nitrogens with zero attached hydrogens (tertiary/aromatic N) is 2. The van der Waals surface area contributed by atoms with E-state index in [2.05, 4.69) is 34.5 Å². The van der Waals surface area contributed by atoms with E-state index >= 15 is 0 Å². The number of hydrogen-bond acceptors (Lipinski definition) is 4. The van der Waals surface area contributed by atoms with Gasteiger partial charge in [0.15, 0.2) is 0 Å². The number of carbonyl (C=O) groups is 1. The van der Waals surface area contributed by atoms with Crippen LogP contribution in [-0.4, -0.2) is 27.9 Å². The van der Waals surface area contributed by atoms with Crippen LogP contribution in [0.5, 0.6) is 5.88 Å². The Morgan fingerprint density at radius 1 is 0.895 bits per heavy atom. The Labute approximate surface area is 227 Å². The van der Waals surface area contributed by atoms with E-state index in [9.17, 15) is 9.90 Å². The summed E-state index contributed by atoms with van der Waals surface area (Å²) in [4.78, 5) is 12.9. The van der Waals surface area contributed by atoms with Gasteiger partial charge < -0.3 is 9.84 Å². The molecule has 1 N–H and O–H groups in total. The second kappa shape index (κ2) is 10.1. The fourth-order valence-corrected chi connectivity index (χ4v) is 10.8. The van der Waals surface area contributed by atoms with Gasteiger partial charge in [0.2, 0.25) is 5.88 Å². The lowest BCUT2D eigenvalue weighted by Gasteiger charge is -2.57. The van der Waals surface area contributed by atoms with Crippen LogP contribution in [0.3, 0.4) is 0 Å². The average molecular weight is 517 g/mol. The second-order valence-corrected chi connectivity index (χ2v) is 13.7. The predicted octanol–water partition coefficient (Wildman–Crippen LogP) is 6.96. The monoisotopic (exact) mass is 516 g/mol. The standard InChI is InChI=1S/C33H44N2O3/c36-32(37)33(20-38-31-8-4-18-34-35-31)17-2-1-7-30(33)23-11-12-25-22(19-23)10-14-29-27(25)16-15-26-24-6-3-5-21(24)9-13-28(26)29/h1,3-5,7-8,18,21-30H,2,6,9-17,19-20H2,(H,36,37). The second-order valence-electron chi connectivity index (χ2n) is 13.7. The number of hydrogen-bond donors (Lipinski definition) is 1. The van der Waals surface area contributed by atoms with Gasteiger partial charge in [-0.25, -0.2) is 0 Å². The average Bonchev–Trinajstić information content (AvgIpc) is 3.45. The summed E-state index contributed by atoms with van der Waals surface area (Å²) in [7, 11) is 0. The Morgan fingerprint density at radius 3 is 2.45 bits per heavy atom. The number of aromatic nitrogens is 2. The zero-order valence-electron chi connectivity index (χ0n) is 22.7. The minimum absolute atomic E-state index is 0.0324. The predicted molar refractivity (Wildman–Crippen MR) is 146 cm³/mol. The van der Waals surface area contributed by atoms with Gasteiger partial charge in [0.25, 0.3) is 0 Å². The van der Waals surface area contributed by atoms with Gasteiger partial charge >= 0.3 is 5.97 Å². The molecule has 204 valence electrons. The number of ether oxygens (including phenoxy) is 1.